The zero-order valence-electron chi connectivity index (χ0n) is 17.8. The first kappa shape index (κ1) is 19.2. The van der Waals surface area contributed by atoms with E-state index in [1.165, 1.54) is 0 Å². The summed E-state index contributed by atoms with van der Waals surface area (Å²) in [6, 6.07) is 18.5. The van der Waals surface area contributed by atoms with Gasteiger partial charge >= 0.3 is 0 Å². The van der Waals surface area contributed by atoms with Crippen molar-refractivity contribution in [3.63, 3.8) is 0 Å². The Kier molecular flexibility index (Phi) is 4.69. The molecule has 1 aliphatic rings. The number of hydrogen-bond donors (Lipinski definition) is 0. The number of para-hydroxylation sites is 1. The van der Waals surface area contributed by atoms with Crippen LogP contribution in [0.3, 0.4) is 0 Å². The number of benzene rings is 2. The Morgan fingerprint density at radius 1 is 1.03 bits per heavy atom. The normalized spacial score (nSPS) is 13.7. The second-order valence-corrected chi connectivity index (χ2v) is 8.90. The van der Waals surface area contributed by atoms with Crippen LogP contribution in [0.5, 0.6) is 0 Å². The van der Waals surface area contributed by atoms with Gasteiger partial charge in [0.05, 0.1) is 24.3 Å². The summed E-state index contributed by atoms with van der Waals surface area (Å²) in [4.78, 5) is 17.2. The maximum Gasteiger partial charge on any atom is 0.232 e. The first-order valence-corrected chi connectivity index (χ1v) is 9.99. The van der Waals surface area contributed by atoms with E-state index < -0.39 is 0 Å². The van der Waals surface area contributed by atoms with Crippen LogP contribution in [0.4, 0.5) is 11.5 Å². The molecular weight excluding hydrogens is 360 g/mol. The van der Waals surface area contributed by atoms with Crippen LogP contribution < -0.4 is 9.80 Å². The number of carbonyl (C=O) groups excluding carboxylic acids is 1. The number of rotatable bonds is 3. The van der Waals surface area contributed by atoms with Crippen molar-refractivity contribution in [2.24, 2.45) is 0 Å². The third-order valence-electron chi connectivity index (χ3n) is 5.39. The Hall–Kier alpha value is -3.08. The SMILES string of the molecule is CN(C)c1ccc(CN2C(=O)Cc3ccccc3-n3nc(C(C)(C)C)cc32)cc1. The van der Waals surface area contributed by atoms with E-state index in [9.17, 15) is 4.79 Å². The number of aromatic nitrogens is 2. The van der Waals surface area contributed by atoms with Gasteiger partial charge in [-0.2, -0.15) is 5.10 Å². The molecule has 2 aromatic carbocycles. The summed E-state index contributed by atoms with van der Waals surface area (Å²) in [6.45, 7) is 6.96. The largest absolute Gasteiger partial charge is 0.378 e. The van der Waals surface area contributed by atoms with Gasteiger partial charge in [-0.15, -0.1) is 0 Å². The van der Waals surface area contributed by atoms with Crippen LogP contribution in [0.15, 0.2) is 54.6 Å². The average Bonchev–Trinajstić information content (AvgIpc) is 3.08. The van der Waals surface area contributed by atoms with Crippen molar-refractivity contribution < 1.29 is 4.79 Å². The zero-order chi connectivity index (χ0) is 20.8. The Morgan fingerprint density at radius 2 is 1.72 bits per heavy atom. The highest BCUT2D eigenvalue weighted by molar-refractivity contribution is 5.96. The lowest BCUT2D eigenvalue weighted by Crippen LogP contribution is -2.31. The van der Waals surface area contributed by atoms with E-state index in [0.717, 1.165) is 34.0 Å². The molecule has 150 valence electrons. The van der Waals surface area contributed by atoms with Crippen LogP contribution in [0.2, 0.25) is 0 Å². The van der Waals surface area contributed by atoms with Crippen LogP contribution >= 0.6 is 0 Å². The summed E-state index contributed by atoms with van der Waals surface area (Å²) in [5.74, 6) is 0.926. The van der Waals surface area contributed by atoms with Crippen LogP contribution in [-0.4, -0.2) is 29.8 Å². The summed E-state index contributed by atoms with van der Waals surface area (Å²) < 4.78 is 1.94. The predicted octanol–water partition coefficient (Wildman–Crippen LogP) is 4.33. The molecule has 1 aromatic heterocycles. The molecular formula is C24H28N4O. The number of nitrogens with zero attached hydrogens (tertiary/aromatic N) is 4. The van der Waals surface area contributed by atoms with Gasteiger partial charge in [-0.3, -0.25) is 9.69 Å². The summed E-state index contributed by atoms with van der Waals surface area (Å²) in [5.41, 5.74) is 5.11. The minimum atomic E-state index is -0.101. The molecule has 1 aliphatic heterocycles. The fourth-order valence-electron chi connectivity index (χ4n) is 3.61. The van der Waals surface area contributed by atoms with Gasteiger partial charge in [-0.25, -0.2) is 4.68 Å². The second kappa shape index (κ2) is 7.07. The van der Waals surface area contributed by atoms with Crippen LogP contribution in [-0.2, 0) is 23.2 Å². The molecule has 0 fully saturated rings. The summed E-state index contributed by atoms with van der Waals surface area (Å²) in [7, 11) is 4.05. The Balaban J connectivity index is 1.79. The summed E-state index contributed by atoms with van der Waals surface area (Å²) >= 11 is 0. The van der Waals surface area contributed by atoms with Crippen LogP contribution in [0.1, 0.15) is 37.6 Å². The molecule has 1 amide bonds. The van der Waals surface area contributed by atoms with Crippen molar-refractivity contribution in [2.75, 3.05) is 23.9 Å². The van der Waals surface area contributed by atoms with Crippen molar-refractivity contribution in [1.82, 2.24) is 9.78 Å². The smallest absolute Gasteiger partial charge is 0.232 e. The van der Waals surface area contributed by atoms with Gasteiger partial charge in [0.25, 0.3) is 0 Å². The monoisotopic (exact) mass is 388 g/mol. The number of amides is 1. The number of fused-ring (bicyclic) bond motifs is 3. The molecule has 0 radical (unpaired) electrons. The van der Waals surface area contributed by atoms with Gasteiger partial charge in [-0.05, 0) is 29.3 Å². The van der Waals surface area contributed by atoms with Gasteiger partial charge in [0.15, 0.2) is 0 Å². The van der Waals surface area contributed by atoms with E-state index in [4.69, 9.17) is 5.10 Å². The molecule has 5 heteroatoms. The fraction of sp³-hybridized carbons (Fsp3) is 0.333. The van der Waals surface area contributed by atoms with Crippen molar-refractivity contribution >= 4 is 17.4 Å². The second-order valence-electron chi connectivity index (χ2n) is 8.90. The molecule has 0 saturated carbocycles. The summed E-state index contributed by atoms with van der Waals surface area (Å²) in [5, 5.41) is 4.90. The highest BCUT2D eigenvalue weighted by Gasteiger charge is 2.30. The Morgan fingerprint density at radius 3 is 2.38 bits per heavy atom. The minimum Gasteiger partial charge on any atom is -0.378 e. The lowest BCUT2D eigenvalue weighted by molar-refractivity contribution is -0.118. The van der Waals surface area contributed by atoms with Gasteiger partial charge in [0, 0.05) is 31.3 Å². The highest BCUT2D eigenvalue weighted by Crippen LogP contribution is 2.33. The lowest BCUT2D eigenvalue weighted by Gasteiger charge is -2.21. The average molecular weight is 389 g/mol. The zero-order valence-corrected chi connectivity index (χ0v) is 17.8. The number of hydrogen-bond acceptors (Lipinski definition) is 3. The van der Waals surface area contributed by atoms with E-state index in [1.54, 1.807) is 0 Å². The van der Waals surface area contributed by atoms with Crippen molar-refractivity contribution in [2.45, 2.75) is 39.2 Å². The molecule has 0 spiro atoms. The third kappa shape index (κ3) is 3.65. The molecule has 5 nitrogen and oxygen atoms in total. The van der Waals surface area contributed by atoms with Gasteiger partial charge in [0.2, 0.25) is 5.91 Å². The van der Waals surface area contributed by atoms with Crippen molar-refractivity contribution in [1.29, 1.82) is 0 Å². The van der Waals surface area contributed by atoms with E-state index in [2.05, 4.69) is 56.0 Å². The third-order valence-corrected chi connectivity index (χ3v) is 5.39. The molecule has 0 aliphatic carbocycles. The highest BCUT2D eigenvalue weighted by atomic mass is 16.2. The van der Waals surface area contributed by atoms with Crippen molar-refractivity contribution in [3.8, 4) is 5.69 Å². The first-order valence-electron chi connectivity index (χ1n) is 9.99. The van der Waals surface area contributed by atoms with Gasteiger partial charge in [0.1, 0.15) is 5.82 Å². The standard InChI is InChI=1S/C24H28N4O/c1-24(2,3)21-15-22-27(16-17-10-12-19(13-11-17)26(4)5)23(29)14-18-8-6-7-9-20(18)28(22)25-21/h6-13,15H,14,16H2,1-5H3. The van der Waals surface area contributed by atoms with E-state index in [1.807, 2.05) is 47.9 Å². The van der Waals surface area contributed by atoms with Crippen molar-refractivity contribution in [3.05, 3.63) is 71.4 Å². The number of anilines is 2. The quantitative estimate of drug-likeness (QED) is 0.671. The first-order chi connectivity index (χ1) is 13.7. The van der Waals surface area contributed by atoms with Gasteiger partial charge < -0.3 is 4.90 Å². The minimum absolute atomic E-state index is 0.0910. The van der Waals surface area contributed by atoms with E-state index >= 15 is 0 Å². The maximum atomic E-state index is 13.3. The van der Waals surface area contributed by atoms with Gasteiger partial charge in [-0.1, -0.05) is 51.1 Å². The molecule has 29 heavy (non-hydrogen) atoms. The van der Waals surface area contributed by atoms with E-state index in [-0.39, 0.29) is 11.3 Å². The molecule has 0 N–H and O–H groups in total. The predicted molar refractivity (Wildman–Crippen MR) is 118 cm³/mol. The van der Waals surface area contributed by atoms with Crippen LogP contribution in [0.25, 0.3) is 5.69 Å². The molecule has 4 rings (SSSR count). The molecule has 0 atom stereocenters. The lowest BCUT2D eigenvalue weighted by atomic mass is 9.92. The van der Waals surface area contributed by atoms with Crippen LogP contribution in [0, 0.1) is 0 Å². The summed E-state index contributed by atoms with van der Waals surface area (Å²) in [6.07, 6.45) is 0.375. The fourth-order valence-corrected chi connectivity index (χ4v) is 3.61. The molecule has 0 unspecified atom stereocenters. The van der Waals surface area contributed by atoms with E-state index in [0.29, 0.717) is 13.0 Å². The molecule has 0 saturated heterocycles. The number of carbonyl (C=O) groups is 1. The molecule has 2 heterocycles. The molecule has 3 aromatic rings. The molecule has 0 bridgehead atoms. The maximum absolute atomic E-state index is 13.3. The Bertz CT molecular complexity index is 1040. The Labute approximate surface area is 172 Å². The topological polar surface area (TPSA) is 41.4 Å².